The van der Waals surface area contributed by atoms with E-state index in [0.29, 0.717) is 12.1 Å². The summed E-state index contributed by atoms with van der Waals surface area (Å²) < 4.78 is 1.55. The smallest absolute Gasteiger partial charge is 0.269 e. The number of rotatable bonds is 4. The van der Waals surface area contributed by atoms with Crippen LogP contribution in [0.15, 0.2) is 41.2 Å². The molecular formula is C14H15N3O3. The monoisotopic (exact) mass is 273 g/mol. The van der Waals surface area contributed by atoms with E-state index in [1.807, 2.05) is 6.07 Å². The fourth-order valence-corrected chi connectivity index (χ4v) is 2.06. The van der Waals surface area contributed by atoms with E-state index in [1.54, 1.807) is 36.9 Å². The minimum atomic E-state index is -0.446. The predicted octanol–water partition coefficient (Wildman–Crippen LogP) is 1.68. The lowest BCUT2D eigenvalue weighted by atomic mass is 10.1. The molecule has 1 aromatic carbocycles. The lowest BCUT2D eigenvalue weighted by molar-refractivity contribution is -0.384. The summed E-state index contributed by atoms with van der Waals surface area (Å²) in [5.74, 6) is 0. The van der Waals surface area contributed by atoms with Crippen LogP contribution in [0.1, 0.15) is 5.56 Å². The number of non-ortho nitro benzene ring substituents is 1. The minimum absolute atomic E-state index is 0.0329. The number of hydrogen-bond donors (Lipinski definition) is 1. The van der Waals surface area contributed by atoms with Gasteiger partial charge in [-0.05, 0) is 30.8 Å². The summed E-state index contributed by atoms with van der Waals surface area (Å²) in [6.45, 7) is 0.507. The molecule has 2 rings (SSSR count). The lowest BCUT2D eigenvalue weighted by Gasteiger charge is -2.10. The summed E-state index contributed by atoms with van der Waals surface area (Å²) in [4.78, 5) is 22.3. The zero-order valence-electron chi connectivity index (χ0n) is 11.3. The molecule has 0 bridgehead atoms. The van der Waals surface area contributed by atoms with Gasteiger partial charge in [0, 0.05) is 31.3 Å². The maximum atomic E-state index is 12.1. The van der Waals surface area contributed by atoms with Gasteiger partial charge in [-0.25, -0.2) is 0 Å². The summed E-state index contributed by atoms with van der Waals surface area (Å²) in [7, 11) is 3.47. The first-order chi connectivity index (χ1) is 9.54. The Hall–Kier alpha value is -2.47. The molecule has 0 radical (unpaired) electrons. The number of hydrogen-bond acceptors (Lipinski definition) is 4. The highest BCUT2D eigenvalue weighted by Crippen LogP contribution is 2.21. The van der Waals surface area contributed by atoms with Crippen LogP contribution in [0.25, 0.3) is 11.3 Å². The Bertz CT molecular complexity index is 690. The normalized spacial score (nSPS) is 10.5. The van der Waals surface area contributed by atoms with E-state index < -0.39 is 4.92 Å². The molecule has 1 heterocycles. The van der Waals surface area contributed by atoms with Crippen molar-refractivity contribution in [3.8, 4) is 11.3 Å². The first kappa shape index (κ1) is 14.0. The Morgan fingerprint density at radius 3 is 2.40 bits per heavy atom. The van der Waals surface area contributed by atoms with Crippen molar-refractivity contribution in [2.45, 2.75) is 6.54 Å². The third-order valence-corrected chi connectivity index (χ3v) is 3.12. The molecule has 0 saturated heterocycles. The fourth-order valence-electron chi connectivity index (χ4n) is 2.06. The van der Waals surface area contributed by atoms with E-state index >= 15 is 0 Å². The van der Waals surface area contributed by atoms with Crippen molar-refractivity contribution in [3.05, 3.63) is 62.4 Å². The SMILES string of the molecule is CNCc1ccc(-c2ccc([N+](=O)[O-])cc2)n(C)c1=O. The van der Waals surface area contributed by atoms with Crippen LogP contribution in [0.5, 0.6) is 0 Å². The topological polar surface area (TPSA) is 77.2 Å². The maximum absolute atomic E-state index is 12.1. The molecule has 1 aromatic heterocycles. The van der Waals surface area contributed by atoms with Crippen LogP contribution in [-0.2, 0) is 13.6 Å². The molecule has 0 spiro atoms. The summed E-state index contributed by atoms with van der Waals surface area (Å²) in [6.07, 6.45) is 0. The summed E-state index contributed by atoms with van der Waals surface area (Å²) in [5, 5.41) is 13.6. The molecule has 6 heteroatoms. The molecule has 0 atom stereocenters. The van der Waals surface area contributed by atoms with Crippen molar-refractivity contribution in [2.24, 2.45) is 7.05 Å². The highest BCUT2D eigenvalue weighted by molar-refractivity contribution is 5.61. The third kappa shape index (κ3) is 2.60. The van der Waals surface area contributed by atoms with Gasteiger partial charge in [-0.2, -0.15) is 0 Å². The highest BCUT2D eigenvalue weighted by atomic mass is 16.6. The number of nitro groups is 1. The van der Waals surface area contributed by atoms with Crippen LogP contribution in [0, 0.1) is 10.1 Å². The molecule has 20 heavy (non-hydrogen) atoms. The number of aromatic nitrogens is 1. The number of pyridine rings is 1. The van der Waals surface area contributed by atoms with Crippen molar-refractivity contribution in [2.75, 3.05) is 7.05 Å². The fraction of sp³-hybridized carbons (Fsp3) is 0.214. The molecule has 0 amide bonds. The Morgan fingerprint density at radius 1 is 1.20 bits per heavy atom. The van der Waals surface area contributed by atoms with Gasteiger partial charge in [0.15, 0.2) is 0 Å². The number of benzene rings is 1. The van der Waals surface area contributed by atoms with Gasteiger partial charge in [0.2, 0.25) is 0 Å². The van der Waals surface area contributed by atoms with Crippen LogP contribution in [0.3, 0.4) is 0 Å². The molecular weight excluding hydrogens is 258 g/mol. The Kier molecular flexibility index (Phi) is 3.95. The molecule has 0 aliphatic heterocycles. The molecule has 0 fully saturated rings. The van der Waals surface area contributed by atoms with Gasteiger partial charge in [-0.1, -0.05) is 6.07 Å². The van der Waals surface area contributed by atoms with Crippen LogP contribution < -0.4 is 10.9 Å². The van der Waals surface area contributed by atoms with Gasteiger partial charge in [-0.3, -0.25) is 14.9 Å². The average molecular weight is 273 g/mol. The number of nitrogens with zero attached hydrogens (tertiary/aromatic N) is 2. The Morgan fingerprint density at radius 2 is 1.85 bits per heavy atom. The van der Waals surface area contributed by atoms with Crippen molar-refractivity contribution in [1.82, 2.24) is 9.88 Å². The van der Waals surface area contributed by atoms with Crippen LogP contribution >= 0.6 is 0 Å². The van der Waals surface area contributed by atoms with Crippen molar-refractivity contribution < 1.29 is 4.92 Å². The average Bonchev–Trinajstić information content (AvgIpc) is 2.44. The van der Waals surface area contributed by atoms with Crippen molar-refractivity contribution in [1.29, 1.82) is 0 Å². The van der Waals surface area contributed by atoms with E-state index in [1.165, 1.54) is 12.1 Å². The quantitative estimate of drug-likeness (QED) is 0.679. The molecule has 2 aromatic rings. The molecule has 104 valence electrons. The molecule has 0 aliphatic carbocycles. The first-order valence-corrected chi connectivity index (χ1v) is 6.13. The highest BCUT2D eigenvalue weighted by Gasteiger charge is 2.09. The predicted molar refractivity (Wildman–Crippen MR) is 76.5 cm³/mol. The van der Waals surface area contributed by atoms with Gasteiger partial charge >= 0.3 is 0 Å². The second kappa shape index (κ2) is 5.66. The van der Waals surface area contributed by atoms with E-state index in [2.05, 4.69) is 5.32 Å². The van der Waals surface area contributed by atoms with Crippen molar-refractivity contribution >= 4 is 5.69 Å². The Balaban J connectivity index is 2.45. The number of nitrogens with one attached hydrogen (secondary N) is 1. The van der Waals surface area contributed by atoms with Crippen LogP contribution in [0.4, 0.5) is 5.69 Å². The van der Waals surface area contributed by atoms with E-state index in [4.69, 9.17) is 0 Å². The summed E-state index contributed by atoms with van der Waals surface area (Å²) >= 11 is 0. The largest absolute Gasteiger partial charge is 0.315 e. The van der Waals surface area contributed by atoms with Gasteiger partial charge in [-0.15, -0.1) is 0 Å². The maximum Gasteiger partial charge on any atom is 0.269 e. The minimum Gasteiger partial charge on any atom is -0.315 e. The van der Waals surface area contributed by atoms with Crippen molar-refractivity contribution in [3.63, 3.8) is 0 Å². The molecule has 1 N–H and O–H groups in total. The zero-order valence-corrected chi connectivity index (χ0v) is 11.3. The van der Waals surface area contributed by atoms with E-state index in [9.17, 15) is 14.9 Å². The van der Waals surface area contributed by atoms with Gasteiger partial charge < -0.3 is 9.88 Å². The standard InChI is InChI=1S/C14H15N3O3/c1-15-9-11-5-8-13(16(2)14(11)18)10-3-6-12(7-4-10)17(19)20/h3-8,15H,9H2,1-2H3. The first-order valence-electron chi connectivity index (χ1n) is 6.13. The summed E-state index contributed by atoms with van der Waals surface area (Å²) in [6, 6.07) is 9.77. The molecule has 0 aliphatic rings. The van der Waals surface area contributed by atoms with Gasteiger partial charge in [0.25, 0.3) is 11.2 Å². The summed E-state index contributed by atoms with van der Waals surface area (Å²) in [5.41, 5.74) is 2.14. The molecule has 0 unspecified atom stereocenters. The van der Waals surface area contributed by atoms with E-state index in [0.717, 1.165) is 11.3 Å². The third-order valence-electron chi connectivity index (χ3n) is 3.12. The Labute approximate surface area is 115 Å². The molecule has 6 nitrogen and oxygen atoms in total. The van der Waals surface area contributed by atoms with E-state index in [-0.39, 0.29) is 11.2 Å². The van der Waals surface area contributed by atoms with Crippen LogP contribution in [0.2, 0.25) is 0 Å². The second-order valence-corrected chi connectivity index (χ2v) is 4.44. The second-order valence-electron chi connectivity index (χ2n) is 4.44. The molecule has 0 saturated carbocycles. The zero-order chi connectivity index (χ0) is 14.7. The lowest BCUT2D eigenvalue weighted by Crippen LogP contribution is -2.25. The van der Waals surface area contributed by atoms with Gasteiger partial charge in [0.05, 0.1) is 10.6 Å². The van der Waals surface area contributed by atoms with Gasteiger partial charge in [0.1, 0.15) is 0 Å². The number of nitro benzene ring substituents is 1. The van der Waals surface area contributed by atoms with Crippen LogP contribution in [-0.4, -0.2) is 16.5 Å².